The van der Waals surface area contributed by atoms with Crippen molar-refractivity contribution in [2.45, 2.75) is 65.1 Å². The van der Waals surface area contributed by atoms with E-state index in [0.29, 0.717) is 12.1 Å². The fourth-order valence-electron chi connectivity index (χ4n) is 3.30. The minimum Gasteiger partial charge on any atom is -0.326 e. The van der Waals surface area contributed by atoms with Gasteiger partial charge in [0.15, 0.2) is 0 Å². The van der Waals surface area contributed by atoms with Gasteiger partial charge in [-0.2, -0.15) is 0 Å². The first-order chi connectivity index (χ1) is 9.02. The molecule has 0 amide bonds. The molecule has 2 unspecified atom stereocenters. The zero-order valence-corrected chi connectivity index (χ0v) is 12.8. The van der Waals surface area contributed by atoms with Crippen molar-refractivity contribution in [2.24, 2.45) is 5.73 Å². The van der Waals surface area contributed by atoms with Crippen molar-refractivity contribution in [1.82, 2.24) is 4.90 Å². The van der Waals surface area contributed by atoms with Gasteiger partial charge in [-0.1, -0.05) is 24.6 Å². The van der Waals surface area contributed by atoms with E-state index in [9.17, 15) is 0 Å². The smallest absolute Gasteiger partial charge is 0.0504 e. The summed E-state index contributed by atoms with van der Waals surface area (Å²) < 4.78 is 0. The highest BCUT2D eigenvalue weighted by Gasteiger charge is 2.31. The summed E-state index contributed by atoms with van der Waals surface area (Å²) in [7, 11) is 0. The van der Waals surface area contributed by atoms with Gasteiger partial charge in [-0.15, -0.1) is 0 Å². The molecular weight excluding hydrogens is 232 g/mol. The van der Waals surface area contributed by atoms with Gasteiger partial charge in [0, 0.05) is 12.1 Å². The van der Waals surface area contributed by atoms with Gasteiger partial charge in [0.2, 0.25) is 0 Å². The Labute approximate surface area is 118 Å². The summed E-state index contributed by atoms with van der Waals surface area (Å²) in [5, 5.41) is 0. The van der Waals surface area contributed by atoms with Crippen molar-refractivity contribution in [2.75, 3.05) is 6.54 Å². The first kappa shape index (κ1) is 14.5. The van der Waals surface area contributed by atoms with E-state index in [4.69, 9.17) is 5.73 Å². The van der Waals surface area contributed by atoms with Crippen LogP contribution in [0.4, 0.5) is 0 Å². The Balaban J connectivity index is 2.43. The number of hydrogen-bond donors (Lipinski definition) is 1. The molecule has 1 saturated heterocycles. The first-order valence-corrected chi connectivity index (χ1v) is 7.59. The number of benzene rings is 1. The van der Waals surface area contributed by atoms with E-state index < -0.39 is 0 Å². The molecule has 1 heterocycles. The molecule has 1 aliphatic heterocycles. The molecule has 2 heteroatoms. The van der Waals surface area contributed by atoms with Crippen LogP contribution in [0, 0.1) is 13.8 Å². The van der Waals surface area contributed by atoms with E-state index in [1.54, 1.807) is 0 Å². The molecule has 2 rings (SSSR count). The van der Waals surface area contributed by atoms with Crippen LogP contribution in [0.25, 0.3) is 0 Å². The Bertz CT molecular complexity index is 425. The highest BCUT2D eigenvalue weighted by Crippen LogP contribution is 2.33. The van der Waals surface area contributed by atoms with E-state index in [0.717, 1.165) is 6.42 Å². The van der Waals surface area contributed by atoms with E-state index in [-0.39, 0.29) is 6.04 Å². The van der Waals surface area contributed by atoms with Crippen LogP contribution < -0.4 is 5.73 Å². The lowest BCUT2D eigenvalue weighted by Gasteiger charge is -2.37. The molecule has 0 spiro atoms. The monoisotopic (exact) mass is 260 g/mol. The molecule has 106 valence electrons. The fourth-order valence-corrected chi connectivity index (χ4v) is 3.30. The first-order valence-electron chi connectivity index (χ1n) is 7.59. The average molecular weight is 260 g/mol. The SMILES string of the molecule is Cc1cccc(C2C(N)CCCCN2C(C)C)c1C. The van der Waals surface area contributed by atoms with Crippen molar-refractivity contribution in [3.8, 4) is 0 Å². The third-order valence-corrected chi connectivity index (χ3v) is 4.60. The van der Waals surface area contributed by atoms with Gasteiger partial charge < -0.3 is 5.73 Å². The van der Waals surface area contributed by atoms with Gasteiger partial charge in [0.1, 0.15) is 0 Å². The van der Waals surface area contributed by atoms with Crippen molar-refractivity contribution in [3.05, 3.63) is 34.9 Å². The van der Waals surface area contributed by atoms with Crippen molar-refractivity contribution in [3.63, 3.8) is 0 Å². The molecule has 0 radical (unpaired) electrons. The van der Waals surface area contributed by atoms with Crippen molar-refractivity contribution < 1.29 is 0 Å². The van der Waals surface area contributed by atoms with Crippen LogP contribution >= 0.6 is 0 Å². The van der Waals surface area contributed by atoms with Crippen molar-refractivity contribution >= 4 is 0 Å². The quantitative estimate of drug-likeness (QED) is 0.881. The third kappa shape index (κ3) is 3.01. The maximum absolute atomic E-state index is 6.52. The summed E-state index contributed by atoms with van der Waals surface area (Å²) >= 11 is 0. The molecule has 1 aromatic rings. The Morgan fingerprint density at radius 2 is 1.95 bits per heavy atom. The van der Waals surface area contributed by atoms with Gasteiger partial charge in [-0.25, -0.2) is 0 Å². The highest BCUT2D eigenvalue weighted by atomic mass is 15.2. The highest BCUT2D eigenvalue weighted by molar-refractivity contribution is 5.36. The Morgan fingerprint density at radius 3 is 2.63 bits per heavy atom. The maximum Gasteiger partial charge on any atom is 0.0504 e. The van der Waals surface area contributed by atoms with Crippen LogP contribution in [-0.4, -0.2) is 23.5 Å². The second kappa shape index (κ2) is 6.06. The summed E-state index contributed by atoms with van der Waals surface area (Å²) in [6.45, 7) is 10.2. The molecule has 0 bridgehead atoms. The number of likely N-dealkylation sites (tertiary alicyclic amines) is 1. The molecule has 0 saturated carbocycles. The number of nitrogens with two attached hydrogens (primary N) is 1. The van der Waals surface area contributed by atoms with Crippen LogP contribution in [0.5, 0.6) is 0 Å². The fraction of sp³-hybridized carbons (Fsp3) is 0.647. The minimum absolute atomic E-state index is 0.255. The predicted molar refractivity (Wildman–Crippen MR) is 82.3 cm³/mol. The number of hydrogen-bond acceptors (Lipinski definition) is 2. The lowest BCUT2D eigenvalue weighted by Crippen LogP contribution is -2.43. The standard InChI is InChI=1S/C17H28N2/c1-12(2)19-11-6-5-10-16(18)17(19)15-9-7-8-13(3)14(15)4/h7-9,12,16-17H,5-6,10-11,18H2,1-4H3. The van der Waals surface area contributed by atoms with Gasteiger partial charge in [-0.05, 0) is 63.8 Å². The lowest BCUT2D eigenvalue weighted by molar-refractivity contribution is 0.143. The number of rotatable bonds is 2. The lowest BCUT2D eigenvalue weighted by atomic mass is 9.90. The third-order valence-electron chi connectivity index (χ3n) is 4.60. The van der Waals surface area contributed by atoms with E-state index in [1.807, 2.05) is 0 Å². The van der Waals surface area contributed by atoms with Crippen molar-refractivity contribution in [1.29, 1.82) is 0 Å². The summed E-state index contributed by atoms with van der Waals surface area (Å²) in [5.41, 5.74) is 10.7. The normalized spacial score (nSPS) is 25.6. The van der Waals surface area contributed by atoms with Gasteiger partial charge in [0.05, 0.1) is 6.04 Å². The molecule has 2 nitrogen and oxygen atoms in total. The zero-order valence-electron chi connectivity index (χ0n) is 12.8. The van der Waals surface area contributed by atoms with Gasteiger partial charge >= 0.3 is 0 Å². The Kier molecular flexibility index (Phi) is 4.64. The average Bonchev–Trinajstić information content (AvgIpc) is 2.55. The van der Waals surface area contributed by atoms with E-state index in [2.05, 4.69) is 50.8 Å². The molecule has 1 aromatic carbocycles. The molecule has 2 atom stereocenters. The summed E-state index contributed by atoms with van der Waals surface area (Å²) in [6, 6.07) is 7.82. The Hall–Kier alpha value is -0.860. The largest absolute Gasteiger partial charge is 0.326 e. The summed E-state index contributed by atoms with van der Waals surface area (Å²) in [6.07, 6.45) is 3.67. The number of aryl methyl sites for hydroxylation is 1. The second-order valence-electron chi connectivity index (χ2n) is 6.23. The molecule has 0 aliphatic carbocycles. The molecule has 1 aliphatic rings. The van der Waals surface area contributed by atoms with Crippen LogP contribution in [0.15, 0.2) is 18.2 Å². The Morgan fingerprint density at radius 1 is 1.21 bits per heavy atom. The second-order valence-corrected chi connectivity index (χ2v) is 6.23. The van der Waals surface area contributed by atoms with E-state index >= 15 is 0 Å². The van der Waals surface area contributed by atoms with Crippen LogP contribution in [0.2, 0.25) is 0 Å². The molecule has 1 fully saturated rings. The predicted octanol–water partition coefficient (Wildman–Crippen LogP) is 3.57. The van der Waals surface area contributed by atoms with Crippen LogP contribution in [0.3, 0.4) is 0 Å². The maximum atomic E-state index is 6.52. The zero-order chi connectivity index (χ0) is 14.0. The van der Waals surface area contributed by atoms with E-state index in [1.165, 1.54) is 36.1 Å². The molecule has 0 aromatic heterocycles. The molecule has 19 heavy (non-hydrogen) atoms. The van der Waals surface area contributed by atoms with Gasteiger partial charge in [-0.3, -0.25) is 4.90 Å². The number of nitrogens with zero attached hydrogens (tertiary/aromatic N) is 1. The molecule has 2 N–H and O–H groups in total. The summed E-state index contributed by atoms with van der Waals surface area (Å²) in [5.74, 6) is 0. The van der Waals surface area contributed by atoms with Gasteiger partial charge in [0.25, 0.3) is 0 Å². The topological polar surface area (TPSA) is 29.3 Å². The van der Waals surface area contributed by atoms with Crippen LogP contribution in [-0.2, 0) is 0 Å². The molecular formula is C17H28N2. The minimum atomic E-state index is 0.255. The van der Waals surface area contributed by atoms with Crippen LogP contribution in [0.1, 0.15) is 55.8 Å². The summed E-state index contributed by atoms with van der Waals surface area (Å²) in [4.78, 5) is 2.60.